The highest BCUT2D eigenvalue weighted by molar-refractivity contribution is 7.98. The highest BCUT2D eigenvalue weighted by Crippen LogP contribution is 2.13. The van der Waals surface area contributed by atoms with Gasteiger partial charge in [-0.05, 0) is 68.4 Å². The Bertz CT molecular complexity index is 2430. The molecule has 2 rings (SSSR count). The van der Waals surface area contributed by atoms with Crippen molar-refractivity contribution in [2.45, 2.75) is 113 Å². The Morgan fingerprint density at radius 1 is 0.582 bits per heavy atom. The average molecular weight is 1130 g/mol. The number of benzene rings is 2. The number of hydrogen-bond donors (Lipinski definition) is 18. The fraction of sp³-hybridized carbons (Fsp3) is 0.500. The summed E-state index contributed by atoms with van der Waals surface area (Å²) in [6.07, 6.45) is -3.03. The molecule has 0 radical (unpaired) electrons. The van der Waals surface area contributed by atoms with Gasteiger partial charge < -0.3 is 96.3 Å². The van der Waals surface area contributed by atoms with Crippen LogP contribution in [0.3, 0.4) is 0 Å². The molecule has 0 bridgehead atoms. The molecule has 2 aromatic carbocycles. The van der Waals surface area contributed by atoms with Gasteiger partial charge in [-0.15, -0.1) is 0 Å². The molecular formula is C48H72N14O16S. The third kappa shape index (κ3) is 24.8. The number of primary amides is 1. The summed E-state index contributed by atoms with van der Waals surface area (Å²) in [5.74, 6) is -12.1. The first kappa shape index (κ1) is 67.0. The molecule has 436 valence electrons. The molecular weight excluding hydrogens is 1060 g/mol. The first-order valence-electron chi connectivity index (χ1n) is 24.5. The van der Waals surface area contributed by atoms with Crippen LogP contribution in [0.5, 0.6) is 5.75 Å². The van der Waals surface area contributed by atoms with E-state index in [4.69, 9.17) is 28.0 Å². The lowest BCUT2D eigenvalue weighted by molar-refractivity contribution is -0.139. The lowest BCUT2D eigenvalue weighted by Crippen LogP contribution is -2.63. The number of nitrogens with two attached hydrogens (primary N) is 4. The molecule has 10 amide bonds. The molecule has 0 unspecified atom stereocenters. The minimum Gasteiger partial charge on any atom is -0.508 e. The van der Waals surface area contributed by atoms with Gasteiger partial charge in [-0.3, -0.25) is 57.7 Å². The zero-order valence-electron chi connectivity index (χ0n) is 43.6. The Labute approximate surface area is 458 Å². The largest absolute Gasteiger partial charge is 0.508 e. The van der Waals surface area contributed by atoms with E-state index < -0.39 is 158 Å². The maximum absolute atomic E-state index is 14.1. The van der Waals surface area contributed by atoms with Crippen molar-refractivity contribution in [2.75, 3.05) is 38.2 Å². The summed E-state index contributed by atoms with van der Waals surface area (Å²) in [7, 11) is 0. The molecule has 0 saturated heterocycles. The van der Waals surface area contributed by atoms with Gasteiger partial charge in [0, 0.05) is 19.4 Å². The number of rotatable bonds is 35. The molecule has 0 fully saturated rings. The number of aliphatic hydroxyl groups is 3. The average Bonchev–Trinajstić information content (AvgIpc) is 3.39. The Morgan fingerprint density at radius 3 is 1.53 bits per heavy atom. The molecule has 79 heavy (non-hydrogen) atoms. The molecule has 10 atom stereocenters. The van der Waals surface area contributed by atoms with Crippen LogP contribution < -0.4 is 70.8 Å². The third-order valence-electron chi connectivity index (χ3n) is 11.3. The van der Waals surface area contributed by atoms with E-state index in [1.165, 1.54) is 36.0 Å². The number of phenols is 1. The molecule has 22 N–H and O–H groups in total. The second-order valence-electron chi connectivity index (χ2n) is 17.8. The molecule has 2 aromatic rings. The monoisotopic (exact) mass is 1130 g/mol. The Balaban J connectivity index is 2.43. The standard InChI is InChI=1S/C48H72N14O16S/c1-24(64)38(61-41(72)29(55-36(68)21-49)10-7-16-53-48(51)52)46(77)59-32(18-26-8-5-4-6-9-26)44(75)62-39(25(2)65)47(78)60-34(23-63)45(76)57-31(19-27-11-13-28(66)14-12-27)42(73)58-33(20-35(50)67)43(74)56-30(15-17-79-3)40(71)54-22-37(69)70/h4-6,8-9,11-14,24-25,29-34,38-39,63-66H,7,10,15-23,49H2,1-3H3,(H2,50,67)(H,54,71)(H,55,68)(H,56,74)(H,57,76)(H,58,73)(H,59,77)(H,60,78)(H,61,72)(H,62,75)(H,69,70)(H4,51,52,53)/t24-,25-,29+,30+,31+,32+,33+,34+,38+,39+/m1/s1. The molecule has 0 aliphatic heterocycles. The number of aromatic hydroxyl groups is 1. The zero-order chi connectivity index (χ0) is 59.4. The quantitative estimate of drug-likeness (QED) is 0.0173. The number of carboxylic acid groups (broad SMARTS) is 1. The fourth-order valence-electron chi connectivity index (χ4n) is 7.21. The molecule has 0 heterocycles. The number of guanidine groups is 1. The molecule has 0 aromatic heterocycles. The Hall–Kier alpha value is -8.13. The van der Waals surface area contributed by atoms with E-state index in [1.54, 1.807) is 36.6 Å². The first-order chi connectivity index (χ1) is 37.3. The van der Waals surface area contributed by atoms with Crippen LogP contribution in [0.2, 0.25) is 0 Å². The lowest BCUT2D eigenvalue weighted by Gasteiger charge is -2.29. The van der Waals surface area contributed by atoms with Crippen molar-refractivity contribution in [3.63, 3.8) is 0 Å². The lowest BCUT2D eigenvalue weighted by atomic mass is 10.0. The number of aliphatic hydroxyl groups excluding tert-OH is 3. The SMILES string of the molecule is CSCC[C@H](NC(=O)[C@H](CC(N)=O)NC(=O)[C@H](Cc1ccc(O)cc1)NC(=O)[C@H](CO)NC(=O)[C@@H](NC(=O)[C@H](Cc1ccccc1)NC(=O)[C@@H](NC(=O)[C@H](CCCN=C(N)N)NC(=O)CN)[C@@H](C)O)[C@@H](C)O)C(=O)NCC(=O)O. The minimum atomic E-state index is -1.94. The normalized spacial score (nSPS) is 14.7. The van der Waals surface area contributed by atoms with Gasteiger partial charge in [0.15, 0.2) is 5.96 Å². The van der Waals surface area contributed by atoms with E-state index in [0.717, 1.165) is 13.8 Å². The maximum atomic E-state index is 14.1. The highest BCUT2D eigenvalue weighted by atomic mass is 32.2. The van der Waals surface area contributed by atoms with Crippen molar-refractivity contribution in [2.24, 2.45) is 27.9 Å². The number of aliphatic carboxylic acids is 1. The van der Waals surface area contributed by atoms with Gasteiger partial charge >= 0.3 is 5.97 Å². The van der Waals surface area contributed by atoms with Crippen molar-refractivity contribution in [3.05, 3.63) is 65.7 Å². The molecule has 0 aliphatic carbocycles. The van der Waals surface area contributed by atoms with E-state index in [1.807, 2.05) is 0 Å². The van der Waals surface area contributed by atoms with Crippen molar-refractivity contribution >= 4 is 82.8 Å². The molecule has 0 aliphatic rings. The summed E-state index contributed by atoms with van der Waals surface area (Å²) < 4.78 is 0. The number of phenolic OH excluding ortho intramolecular Hbond substituents is 1. The van der Waals surface area contributed by atoms with E-state index in [-0.39, 0.29) is 43.9 Å². The van der Waals surface area contributed by atoms with Gasteiger partial charge in [0.2, 0.25) is 59.1 Å². The van der Waals surface area contributed by atoms with Crippen LogP contribution in [0.25, 0.3) is 0 Å². The van der Waals surface area contributed by atoms with Gasteiger partial charge in [-0.2, -0.15) is 11.8 Å². The number of nitrogens with one attached hydrogen (secondary N) is 9. The fourth-order valence-corrected chi connectivity index (χ4v) is 7.69. The summed E-state index contributed by atoms with van der Waals surface area (Å²) >= 11 is 1.29. The number of carboxylic acids is 1. The summed E-state index contributed by atoms with van der Waals surface area (Å²) in [6.45, 7) is -0.125. The summed E-state index contributed by atoms with van der Waals surface area (Å²) in [5.41, 5.74) is 22.3. The van der Waals surface area contributed by atoms with E-state index in [0.29, 0.717) is 16.9 Å². The van der Waals surface area contributed by atoms with Gasteiger partial charge in [0.05, 0.1) is 31.8 Å². The van der Waals surface area contributed by atoms with Gasteiger partial charge in [-0.1, -0.05) is 42.5 Å². The van der Waals surface area contributed by atoms with E-state index >= 15 is 0 Å². The van der Waals surface area contributed by atoms with Gasteiger partial charge in [0.25, 0.3) is 0 Å². The number of hydrogen-bond acceptors (Lipinski definition) is 18. The van der Waals surface area contributed by atoms with Crippen molar-refractivity contribution in [3.8, 4) is 5.75 Å². The zero-order valence-corrected chi connectivity index (χ0v) is 44.5. The number of thioether (sulfide) groups is 1. The van der Waals surface area contributed by atoms with Crippen molar-refractivity contribution in [1.82, 2.24) is 47.9 Å². The Kier molecular flexibility index (Phi) is 29.3. The molecule has 31 heteroatoms. The third-order valence-corrected chi connectivity index (χ3v) is 12.0. The van der Waals surface area contributed by atoms with Crippen LogP contribution in [0.4, 0.5) is 0 Å². The van der Waals surface area contributed by atoms with Gasteiger partial charge in [-0.25, -0.2) is 0 Å². The minimum absolute atomic E-state index is 0.00847. The predicted molar refractivity (Wildman–Crippen MR) is 284 cm³/mol. The number of carbonyl (C=O) groups excluding carboxylic acids is 10. The molecule has 30 nitrogen and oxygen atoms in total. The van der Waals surface area contributed by atoms with E-state index in [2.05, 4.69) is 52.8 Å². The first-order valence-corrected chi connectivity index (χ1v) is 25.9. The number of nitrogens with zero attached hydrogens (tertiary/aromatic N) is 1. The second kappa shape index (κ2) is 34.6. The van der Waals surface area contributed by atoms with Gasteiger partial charge in [0.1, 0.15) is 60.6 Å². The second-order valence-corrected chi connectivity index (χ2v) is 18.8. The molecule has 0 spiro atoms. The summed E-state index contributed by atoms with van der Waals surface area (Å²) in [5, 5.41) is 71.7. The molecule has 0 saturated carbocycles. The van der Waals surface area contributed by atoms with Crippen LogP contribution in [0, 0.1) is 0 Å². The topological polar surface area (TPSA) is 514 Å². The van der Waals surface area contributed by atoms with Crippen LogP contribution >= 0.6 is 11.8 Å². The maximum Gasteiger partial charge on any atom is 0.322 e. The van der Waals surface area contributed by atoms with Crippen molar-refractivity contribution in [1.29, 1.82) is 0 Å². The van der Waals surface area contributed by atoms with E-state index in [9.17, 15) is 73.2 Å². The smallest absolute Gasteiger partial charge is 0.322 e. The number of aliphatic imine (C=N–C) groups is 1. The summed E-state index contributed by atoms with van der Waals surface area (Å²) in [6, 6.07) is -0.00348. The van der Waals surface area contributed by atoms with Crippen molar-refractivity contribution < 1.29 is 78.3 Å². The number of amides is 10. The number of carbonyl (C=O) groups is 11. The highest BCUT2D eigenvalue weighted by Gasteiger charge is 2.37. The Morgan fingerprint density at radius 2 is 1.04 bits per heavy atom. The predicted octanol–water partition coefficient (Wildman–Crippen LogP) is -7.35. The summed E-state index contributed by atoms with van der Waals surface area (Å²) in [4.78, 5) is 149. The van der Waals surface area contributed by atoms with Crippen LogP contribution in [0.15, 0.2) is 59.6 Å². The van der Waals surface area contributed by atoms with Crippen LogP contribution in [0.1, 0.15) is 50.7 Å². The van der Waals surface area contributed by atoms with Crippen LogP contribution in [-0.4, -0.2) is 195 Å². The van der Waals surface area contributed by atoms with Crippen LogP contribution in [-0.2, 0) is 65.6 Å².